The molecule has 0 aliphatic carbocycles. The van der Waals surface area contributed by atoms with Gasteiger partial charge in [-0.3, -0.25) is 14.2 Å². The van der Waals surface area contributed by atoms with Gasteiger partial charge in [0.1, 0.15) is 17.6 Å². The number of piperidine rings is 1. The van der Waals surface area contributed by atoms with Crippen molar-refractivity contribution in [3.63, 3.8) is 0 Å². The average Bonchev–Trinajstić information content (AvgIpc) is 3.14. The van der Waals surface area contributed by atoms with Crippen molar-refractivity contribution in [2.75, 3.05) is 26.2 Å². The second-order valence-corrected chi connectivity index (χ2v) is 8.47. The predicted octanol–water partition coefficient (Wildman–Crippen LogP) is 2.52. The molecule has 0 N–H and O–H groups in total. The number of fused-ring (bicyclic) bond motifs is 3. The molecule has 1 aromatic heterocycles. The zero-order valence-corrected chi connectivity index (χ0v) is 17.8. The lowest BCUT2D eigenvalue weighted by atomic mass is 9.88. The van der Waals surface area contributed by atoms with Crippen LogP contribution in [0.4, 0.5) is 4.39 Å². The number of hydrogen-bond acceptors (Lipinski definition) is 5. The smallest absolute Gasteiger partial charge is 0.317 e. The number of hydrogen-bond donors (Lipinski definition) is 0. The van der Waals surface area contributed by atoms with E-state index >= 15 is 0 Å². The quantitative estimate of drug-likeness (QED) is 0.455. The maximum absolute atomic E-state index is 13.3. The van der Waals surface area contributed by atoms with E-state index < -0.39 is 16.9 Å². The maximum atomic E-state index is 13.3. The third-order valence-electron chi connectivity index (χ3n) is 6.68. The van der Waals surface area contributed by atoms with Crippen molar-refractivity contribution in [1.82, 2.24) is 14.0 Å². The van der Waals surface area contributed by atoms with Crippen LogP contribution >= 0.6 is 0 Å². The highest BCUT2D eigenvalue weighted by Gasteiger charge is 2.39. The number of ether oxygens (including phenoxy) is 1. The van der Waals surface area contributed by atoms with E-state index in [2.05, 4.69) is 11.0 Å². The number of aromatic nitrogens is 2. The van der Waals surface area contributed by atoms with E-state index in [1.807, 2.05) is 18.2 Å². The fourth-order valence-electron chi connectivity index (χ4n) is 5.17. The van der Waals surface area contributed by atoms with Crippen LogP contribution in [0.1, 0.15) is 35.9 Å². The Balaban J connectivity index is 1.28. The Hall–Kier alpha value is -3.44. The van der Waals surface area contributed by atoms with Crippen LogP contribution in [0, 0.1) is 17.1 Å². The number of rotatable bonds is 5. The molecule has 2 aliphatic heterocycles. The summed E-state index contributed by atoms with van der Waals surface area (Å²) in [6.45, 7) is 2.88. The van der Waals surface area contributed by atoms with Crippen molar-refractivity contribution >= 4 is 11.0 Å². The Bertz CT molecular complexity index is 1370. The Morgan fingerprint density at radius 1 is 1.22 bits per heavy atom. The molecule has 7 nitrogen and oxygen atoms in total. The fourth-order valence-corrected chi connectivity index (χ4v) is 5.17. The molecule has 0 saturated carbocycles. The highest BCUT2D eigenvalue weighted by Crippen LogP contribution is 2.44. The minimum absolute atomic E-state index is 0.0150. The summed E-state index contributed by atoms with van der Waals surface area (Å²) in [5, 5.41) is 9.13. The number of halogens is 1. The van der Waals surface area contributed by atoms with E-state index in [9.17, 15) is 14.0 Å². The van der Waals surface area contributed by atoms with Crippen molar-refractivity contribution in [3.8, 4) is 11.8 Å². The third-order valence-corrected chi connectivity index (χ3v) is 6.68. The number of benzene rings is 2. The van der Waals surface area contributed by atoms with Crippen LogP contribution < -0.4 is 15.9 Å². The van der Waals surface area contributed by atoms with Crippen molar-refractivity contribution < 1.29 is 9.13 Å². The fraction of sp³-hybridized carbons (Fsp3) is 0.375. The minimum Gasteiger partial charge on any atom is -0.492 e. The normalized spacial score (nSPS) is 19.7. The molecule has 8 heteroatoms. The molecule has 5 rings (SSSR count). The van der Waals surface area contributed by atoms with Gasteiger partial charge in [0.15, 0.2) is 0 Å². The van der Waals surface area contributed by atoms with Gasteiger partial charge in [0, 0.05) is 38.6 Å². The van der Waals surface area contributed by atoms with Gasteiger partial charge < -0.3 is 14.2 Å². The first kappa shape index (κ1) is 20.5. The second kappa shape index (κ2) is 7.92. The molecule has 0 unspecified atom stereocenters. The van der Waals surface area contributed by atoms with E-state index in [0.29, 0.717) is 12.4 Å². The predicted molar refractivity (Wildman–Crippen MR) is 118 cm³/mol. The van der Waals surface area contributed by atoms with E-state index in [1.54, 1.807) is 11.6 Å². The molecule has 32 heavy (non-hydrogen) atoms. The molecule has 0 bridgehead atoms. The van der Waals surface area contributed by atoms with Gasteiger partial charge in [-0.15, -0.1) is 0 Å². The van der Waals surface area contributed by atoms with E-state index in [1.165, 1.54) is 22.8 Å². The highest BCUT2D eigenvalue weighted by molar-refractivity contribution is 5.81. The molecule has 3 heterocycles. The second-order valence-electron chi connectivity index (χ2n) is 8.47. The first-order chi connectivity index (χ1) is 15.5. The zero-order valence-electron chi connectivity index (χ0n) is 17.8. The van der Waals surface area contributed by atoms with Gasteiger partial charge in [0.2, 0.25) is 0 Å². The number of aryl methyl sites for hydroxylation is 1. The number of nitriles is 1. The van der Waals surface area contributed by atoms with E-state index in [-0.39, 0.29) is 17.5 Å². The first-order valence-corrected chi connectivity index (χ1v) is 10.8. The Kier molecular flexibility index (Phi) is 5.06. The van der Waals surface area contributed by atoms with Gasteiger partial charge in [0.25, 0.3) is 0 Å². The maximum Gasteiger partial charge on any atom is 0.317 e. The molecule has 2 aromatic carbocycles. The van der Waals surface area contributed by atoms with Crippen LogP contribution in [-0.4, -0.2) is 40.3 Å². The monoisotopic (exact) mass is 434 g/mol. The standard InChI is InChI=1S/C24H23FN4O3/c1-27-20-5-2-4-17-18-14-28(10-8-19(18)29(22(17)20)24(31)23(27)30)9-3-11-32-21-7-6-16(25)12-15(21)13-26/h2,4-7,12,18-19H,3,8-11,14H2,1H3/t18-,19-/m0/s1. The topological polar surface area (TPSA) is 80.3 Å². The molecular formula is C24H23FN4O3. The highest BCUT2D eigenvalue weighted by atomic mass is 19.1. The van der Waals surface area contributed by atoms with E-state index in [0.717, 1.165) is 49.1 Å². The first-order valence-electron chi connectivity index (χ1n) is 10.8. The average molecular weight is 434 g/mol. The lowest BCUT2D eigenvalue weighted by Crippen LogP contribution is -2.44. The van der Waals surface area contributed by atoms with Crippen LogP contribution in [0.3, 0.4) is 0 Å². The van der Waals surface area contributed by atoms with Gasteiger partial charge in [0.05, 0.1) is 23.2 Å². The molecule has 0 amide bonds. The van der Waals surface area contributed by atoms with Crippen LogP contribution in [0.25, 0.3) is 11.0 Å². The molecule has 2 atom stereocenters. The Morgan fingerprint density at radius 3 is 2.88 bits per heavy atom. The van der Waals surface area contributed by atoms with Gasteiger partial charge in [-0.1, -0.05) is 12.1 Å². The minimum atomic E-state index is -0.479. The molecule has 1 fully saturated rings. The summed E-state index contributed by atoms with van der Waals surface area (Å²) in [5.41, 5.74) is 2.10. The summed E-state index contributed by atoms with van der Waals surface area (Å²) in [7, 11) is 1.65. The van der Waals surface area contributed by atoms with Gasteiger partial charge in [-0.2, -0.15) is 5.26 Å². The summed E-state index contributed by atoms with van der Waals surface area (Å²) < 4.78 is 22.2. The summed E-state index contributed by atoms with van der Waals surface area (Å²) in [6, 6.07) is 11.8. The summed E-state index contributed by atoms with van der Waals surface area (Å²) in [5.74, 6) is 0.109. The largest absolute Gasteiger partial charge is 0.492 e. The molecule has 1 saturated heterocycles. The summed E-state index contributed by atoms with van der Waals surface area (Å²) in [6.07, 6.45) is 1.56. The number of nitrogens with zero attached hydrogens (tertiary/aromatic N) is 4. The Labute approximate surface area is 183 Å². The molecule has 2 aliphatic rings. The zero-order chi connectivity index (χ0) is 22.4. The van der Waals surface area contributed by atoms with Crippen molar-refractivity contribution in [1.29, 1.82) is 5.26 Å². The van der Waals surface area contributed by atoms with Gasteiger partial charge in [-0.25, -0.2) is 4.39 Å². The van der Waals surface area contributed by atoms with Crippen LogP contribution in [0.2, 0.25) is 0 Å². The molecule has 0 spiro atoms. The van der Waals surface area contributed by atoms with E-state index in [4.69, 9.17) is 10.00 Å². The molecular weight excluding hydrogens is 411 g/mol. The van der Waals surface area contributed by atoms with Crippen LogP contribution in [-0.2, 0) is 7.05 Å². The number of para-hydroxylation sites is 1. The van der Waals surface area contributed by atoms with Crippen LogP contribution in [0.5, 0.6) is 5.75 Å². The molecule has 164 valence electrons. The van der Waals surface area contributed by atoms with Crippen LogP contribution in [0.15, 0.2) is 46.0 Å². The lowest BCUT2D eigenvalue weighted by Gasteiger charge is -2.35. The Morgan fingerprint density at radius 2 is 2.06 bits per heavy atom. The molecule has 0 radical (unpaired) electrons. The SMILES string of the molecule is Cn1c(=O)c(=O)n2c3c(cccc31)[C@@H]1CN(CCCOc3ccc(F)cc3C#N)CC[C@@H]12. The van der Waals surface area contributed by atoms with Crippen molar-refractivity contribution in [2.24, 2.45) is 7.05 Å². The van der Waals surface area contributed by atoms with Gasteiger partial charge >= 0.3 is 11.1 Å². The van der Waals surface area contributed by atoms with Gasteiger partial charge in [-0.05, 0) is 42.7 Å². The molecule has 3 aromatic rings. The number of likely N-dealkylation sites (tertiary alicyclic amines) is 1. The van der Waals surface area contributed by atoms with Crippen molar-refractivity contribution in [3.05, 3.63) is 74.0 Å². The third kappa shape index (κ3) is 3.21. The summed E-state index contributed by atoms with van der Waals surface area (Å²) >= 11 is 0. The lowest BCUT2D eigenvalue weighted by molar-refractivity contribution is 0.158. The van der Waals surface area contributed by atoms with Crippen molar-refractivity contribution in [2.45, 2.75) is 24.8 Å². The summed E-state index contributed by atoms with van der Waals surface area (Å²) in [4.78, 5) is 27.6.